The molecule has 0 aliphatic heterocycles. The zero-order valence-corrected chi connectivity index (χ0v) is 15.1. The number of aromatic nitrogens is 2. The van der Waals surface area contributed by atoms with E-state index < -0.39 is 0 Å². The van der Waals surface area contributed by atoms with Crippen LogP contribution >= 0.6 is 11.6 Å². The number of fused-ring (bicyclic) bond motifs is 3. The van der Waals surface area contributed by atoms with Crippen molar-refractivity contribution >= 4 is 39.0 Å². The molecule has 1 unspecified atom stereocenters. The molecule has 4 rings (SSSR count). The number of ether oxygens (including phenoxy) is 1. The van der Waals surface area contributed by atoms with Gasteiger partial charge in [-0.05, 0) is 43.5 Å². The van der Waals surface area contributed by atoms with Gasteiger partial charge in [-0.15, -0.1) is 0 Å². The molecule has 1 atom stereocenters. The molecular weight excluding hydrogens is 336 g/mol. The third-order valence-electron chi connectivity index (χ3n) is 5.07. The second-order valence-electron chi connectivity index (χ2n) is 6.73. The number of methoxy groups -OCH3 is 1. The molecule has 1 aromatic carbocycles. The maximum Gasteiger partial charge on any atom is 0.249 e. The SMILES string of the molecule is COC1(C)C=CC(c2[nH]c3ccc4[nH]c(=O)cc(Cl)c4c3c2C)=CC1. The van der Waals surface area contributed by atoms with E-state index in [-0.39, 0.29) is 11.2 Å². The largest absolute Gasteiger partial charge is 0.374 e. The zero-order chi connectivity index (χ0) is 17.8. The average Bonchev–Trinajstić information content (AvgIpc) is 2.92. The van der Waals surface area contributed by atoms with Gasteiger partial charge in [0, 0.05) is 35.2 Å². The Balaban J connectivity index is 1.94. The molecule has 1 aliphatic rings. The first kappa shape index (κ1) is 16.2. The number of hydrogen-bond donors (Lipinski definition) is 2. The molecule has 0 spiro atoms. The minimum absolute atomic E-state index is 0.193. The molecule has 128 valence electrons. The monoisotopic (exact) mass is 354 g/mol. The van der Waals surface area contributed by atoms with Crippen molar-refractivity contribution in [3.05, 3.63) is 63.1 Å². The van der Waals surface area contributed by atoms with Crippen molar-refractivity contribution in [1.29, 1.82) is 0 Å². The molecule has 0 fully saturated rings. The lowest BCUT2D eigenvalue weighted by Gasteiger charge is -2.26. The molecule has 0 saturated heterocycles. The Morgan fingerprint density at radius 1 is 1.20 bits per heavy atom. The molecular formula is C20H19ClN2O2. The number of aromatic amines is 2. The second kappa shape index (κ2) is 5.61. The summed E-state index contributed by atoms with van der Waals surface area (Å²) in [7, 11) is 1.73. The quantitative estimate of drug-likeness (QED) is 0.699. The zero-order valence-electron chi connectivity index (χ0n) is 14.4. The summed E-state index contributed by atoms with van der Waals surface area (Å²) in [4.78, 5) is 18.0. The highest BCUT2D eigenvalue weighted by Crippen LogP contribution is 2.37. The van der Waals surface area contributed by atoms with Crippen LogP contribution in [0.5, 0.6) is 0 Å². The van der Waals surface area contributed by atoms with Gasteiger partial charge < -0.3 is 14.7 Å². The Morgan fingerprint density at radius 3 is 2.56 bits per heavy atom. The van der Waals surface area contributed by atoms with Crippen molar-refractivity contribution in [2.75, 3.05) is 7.11 Å². The number of nitrogens with one attached hydrogen (secondary N) is 2. The summed E-state index contributed by atoms with van der Waals surface area (Å²) in [6.07, 6.45) is 7.19. The molecule has 2 N–H and O–H groups in total. The van der Waals surface area contributed by atoms with E-state index in [1.54, 1.807) is 7.11 Å². The molecule has 1 aliphatic carbocycles. The Bertz CT molecular complexity index is 1120. The van der Waals surface area contributed by atoms with Gasteiger partial charge in [-0.3, -0.25) is 4.79 Å². The van der Waals surface area contributed by atoms with Gasteiger partial charge in [-0.2, -0.15) is 0 Å². The van der Waals surface area contributed by atoms with Gasteiger partial charge >= 0.3 is 0 Å². The first-order chi connectivity index (χ1) is 11.9. The summed E-state index contributed by atoms with van der Waals surface area (Å²) < 4.78 is 5.54. The Kier molecular flexibility index (Phi) is 3.63. The lowest BCUT2D eigenvalue weighted by atomic mass is 9.91. The van der Waals surface area contributed by atoms with E-state index in [4.69, 9.17) is 16.3 Å². The standard InChI is InChI=1S/C20H19ClN2O2/c1-11-17-14(4-5-15-18(17)13(21)10-16(24)22-15)23-19(11)12-6-8-20(2,25-3)9-7-12/h4-8,10,23H,9H2,1-3H3,(H,22,24). The fraction of sp³-hybridized carbons (Fsp3) is 0.250. The predicted molar refractivity (Wildman–Crippen MR) is 103 cm³/mol. The first-order valence-electron chi connectivity index (χ1n) is 8.20. The fourth-order valence-electron chi connectivity index (χ4n) is 3.50. The van der Waals surface area contributed by atoms with Crippen LogP contribution in [0, 0.1) is 6.92 Å². The van der Waals surface area contributed by atoms with Crippen LogP contribution in [0.15, 0.2) is 41.2 Å². The maximum atomic E-state index is 11.7. The summed E-state index contributed by atoms with van der Waals surface area (Å²) in [5, 5.41) is 2.39. The summed E-state index contributed by atoms with van der Waals surface area (Å²) >= 11 is 6.39. The number of aryl methyl sites for hydroxylation is 1. The molecule has 2 aromatic heterocycles. The third kappa shape index (κ3) is 2.53. The number of rotatable bonds is 2. The fourth-order valence-corrected chi connectivity index (χ4v) is 3.79. The lowest BCUT2D eigenvalue weighted by Crippen LogP contribution is -2.25. The van der Waals surface area contributed by atoms with Crippen LogP contribution in [0.2, 0.25) is 5.02 Å². The number of benzene rings is 1. The molecule has 2 heterocycles. The summed E-state index contributed by atoms with van der Waals surface area (Å²) in [6.45, 7) is 4.15. The second-order valence-corrected chi connectivity index (χ2v) is 7.14. The molecule has 4 nitrogen and oxygen atoms in total. The smallest absolute Gasteiger partial charge is 0.249 e. The predicted octanol–water partition coefficient (Wildman–Crippen LogP) is 4.72. The Morgan fingerprint density at radius 2 is 1.92 bits per heavy atom. The van der Waals surface area contributed by atoms with Gasteiger partial charge in [0.2, 0.25) is 5.56 Å². The average molecular weight is 355 g/mol. The van der Waals surface area contributed by atoms with Crippen molar-refractivity contribution in [1.82, 2.24) is 9.97 Å². The topological polar surface area (TPSA) is 57.9 Å². The summed E-state index contributed by atoms with van der Waals surface area (Å²) in [6, 6.07) is 5.30. The molecule has 0 amide bonds. The lowest BCUT2D eigenvalue weighted by molar-refractivity contribution is 0.0508. The molecule has 0 saturated carbocycles. The highest BCUT2D eigenvalue weighted by atomic mass is 35.5. The van der Waals surface area contributed by atoms with Crippen LogP contribution in [-0.4, -0.2) is 22.7 Å². The normalized spacial score (nSPS) is 20.4. The highest BCUT2D eigenvalue weighted by molar-refractivity contribution is 6.37. The van der Waals surface area contributed by atoms with Gasteiger partial charge in [0.15, 0.2) is 0 Å². The maximum absolute atomic E-state index is 11.7. The van der Waals surface area contributed by atoms with Crippen LogP contribution in [0.25, 0.3) is 27.4 Å². The van der Waals surface area contributed by atoms with Crippen LogP contribution in [0.1, 0.15) is 24.6 Å². The number of halogens is 1. The van der Waals surface area contributed by atoms with Crippen LogP contribution < -0.4 is 5.56 Å². The minimum atomic E-state index is -0.251. The number of H-pyrrole nitrogens is 2. The van der Waals surface area contributed by atoms with Gasteiger partial charge in [-0.1, -0.05) is 29.8 Å². The van der Waals surface area contributed by atoms with Gasteiger partial charge in [0.1, 0.15) is 0 Å². The minimum Gasteiger partial charge on any atom is -0.374 e. The Hall–Kier alpha value is -2.30. The molecule has 5 heteroatoms. The van der Waals surface area contributed by atoms with E-state index in [0.717, 1.165) is 45.1 Å². The van der Waals surface area contributed by atoms with Crippen molar-refractivity contribution in [2.45, 2.75) is 25.9 Å². The molecule has 0 bridgehead atoms. The van der Waals surface area contributed by atoms with Crippen molar-refractivity contribution < 1.29 is 4.74 Å². The van der Waals surface area contributed by atoms with Crippen molar-refractivity contribution in [3.63, 3.8) is 0 Å². The van der Waals surface area contributed by atoms with E-state index in [0.29, 0.717) is 5.02 Å². The summed E-state index contributed by atoms with van der Waals surface area (Å²) in [5.74, 6) is 0. The molecule has 3 aromatic rings. The van der Waals surface area contributed by atoms with Gasteiger partial charge in [0.25, 0.3) is 0 Å². The molecule has 0 radical (unpaired) electrons. The van der Waals surface area contributed by atoms with Crippen LogP contribution in [-0.2, 0) is 4.74 Å². The molecule has 25 heavy (non-hydrogen) atoms. The number of allylic oxidation sites excluding steroid dienone is 2. The first-order valence-corrected chi connectivity index (χ1v) is 8.58. The van der Waals surface area contributed by atoms with Gasteiger partial charge in [0.05, 0.1) is 16.1 Å². The Labute approximate surface area is 150 Å². The third-order valence-corrected chi connectivity index (χ3v) is 5.37. The van der Waals surface area contributed by atoms with E-state index in [2.05, 4.69) is 42.0 Å². The van der Waals surface area contributed by atoms with Gasteiger partial charge in [-0.25, -0.2) is 0 Å². The highest BCUT2D eigenvalue weighted by Gasteiger charge is 2.23. The number of hydrogen-bond acceptors (Lipinski definition) is 2. The van der Waals surface area contributed by atoms with E-state index in [9.17, 15) is 4.79 Å². The van der Waals surface area contributed by atoms with Crippen LogP contribution in [0.4, 0.5) is 0 Å². The van der Waals surface area contributed by atoms with Crippen molar-refractivity contribution in [3.8, 4) is 0 Å². The van der Waals surface area contributed by atoms with E-state index in [1.807, 2.05) is 12.1 Å². The summed E-state index contributed by atoms with van der Waals surface area (Å²) in [5.41, 5.74) is 4.63. The van der Waals surface area contributed by atoms with E-state index in [1.165, 1.54) is 6.07 Å². The van der Waals surface area contributed by atoms with Crippen LogP contribution in [0.3, 0.4) is 0 Å². The van der Waals surface area contributed by atoms with E-state index >= 15 is 0 Å². The number of pyridine rings is 1. The van der Waals surface area contributed by atoms with Crippen molar-refractivity contribution in [2.24, 2.45) is 0 Å².